The number of nitrogens with zero attached hydrogens (tertiary/aromatic N) is 1. The van der Waals surface area contributed by atoms with Crippen molar-refractivity contribution in [2.45, 2.75) is 6.92 Å². The Morgan fingerprint density at radius 2 is 2.29 bits per heavy atom. The van der Waals surface area contributed by atoms with E-state index >= 15 is 0 Å². The lowest BCUT2D eigenvalue weighted by molar-refractivity contribution is 0.517. The third-order valence-electron chi connectivity index (χ3n) is 0.949. The highest BCUT2D eigenvalue weighted by atomic mass is 16.4. The monoisotopic (exact) mass is 98.0 g/mol. The van der Waals surface area contributed by atoms with Crippen molar-refractivity contribution in [2.24, 2.45) is 0 Å². The molecule has 2 rings (SSSR count). The smallest absolute Gasteiger partial charge is 0.249 e. The SMILES string of the molecule is Cc1oc2nc1-2.N. The average Bonchev–Trinajstić information content (AvgIpc) is 2.12. The number of fused-ring (bicyclic) bond motifs is 1. The molecule has 2 aliphatic heterocycles. The van der Waals surface area contributed by atoms with E-state index in [1.807, 2.05) is 6.92 Å². The summed E-state index contributed by atoms with van der Waals surface area (Å²) in [5, 5.41) is 0. The van der Waals surface area contributed by atoms with Gasteiger partial charge in [-0.2, -0.15) is 0 Å². The van der Waals surface area contributed by atoms with Crippen LogP contribution in [0.25, 0.3) is 11.6 Å². The summed E-state index contributed by atoms with van der Waals surface area (Å²) >= 11 is 0. The van der Waals surface area contributed by atoms with E-state index in [0.29, 0.717) is 0 Å². The van der Waals surface area contributed by atoms with Gasteiger partial charge in [-0.25, -0.2) is 4.98 Å². The van der Waals surface area contributed by atoms with E-state index in [9.17, 15) is 0 Å². The molecule has 0 bridgehead atoms. The molecule has 0 fully saturated rings. The summed E-state index contributed by atoms with van der Waals surface area (Å²) in [6, 6.07) is 0. The van der Waals surface area contributed by atoms with Gasteiger partial charge in [0.2, 0.25) is 5.89 Å². The molecule has 0 aliphatic carbocycles. The fourth-order valence-corrected chi connectivity index (χ4v) is 0.521. The largest absolute Gasteiger partial charge is 0.439 e. The second kappa shape index (κ2) is 0.869. The molecule has 0 saturated heterocycles. The van der Waals surface area contributed by atoms with Crippen molar-refractivity contribution >= 4 is 0 Å². The number of hydrogen-bond donors (Lipinski definition) is 1. The summed E-state index contributed by atoms with van der Waals surface area (Å²) in [6.45, 7) is 1.91. The topological polar surface area (TPSA) is 61.0 Å². The molecule has 0 spiro atoms. The first-order valence-corrected chi connectivity index (χ1v) is 1.86. The van der Waals surface area contributed by atoms with Gasteiger partial charge in [-0.15, -0.1) is 0 Å². The molecule has 3 heteroatoms. The minimum atomic E-state index is 0. The normalized spacial score (nSPS) is 10.4. The number of aryl methyl sites for hydroxylation is 1. The first-order valence-electron chi connectivity index (χ1n) is 1.86. The van der Waals surface area contributed by atoms with E-state index in [2.05, 4.69) is 4.98 Å². The molecule has 0 unspecified atom stereocenters. The standard InChI is InChI=1S/C4H3NO.H3N/c1-2-3-4(5-3)6-2;/h1H3;1H3. The van der Waals surface area contributed by atoms with Crippen LogP contribution in [0, 0.1) is 6.92 Å². The van der Waals surface area contributed by atoms with Crippen molar-refractivity contribution in [2.75, 3.05) is 0 Å². The Balaban J connectivity index is 0.000000245. The zero-order valence-electron chi connectivity index (χ0n) is 4.06. The van der Waals surface area contributed by atoms with Gasteiger partial charge < -0.3 is 10.6 Å². The van der Waals surface area contributed by atoms with Crippen LogP contribution in [0.3, 0.4) is 0 Å². The van der Waals surface area contributed by atoms with Gasteiger partial charge in [-0.05, 0) is 6.92 Å². The maximum atomic E-state index is 4.84. The third-order valence-corrected chi connectivity index (χ3v) is 0.949. The molecular formula is C4H6N2O. The Kier molecular flexibility index (Phi) is 0.538. The maximum absolute atomic E-state index is 4.84. The van der Waals surface area contributed by atoms with E-state index in [1.54, 1.807) is 0 Å². The van der Waals surface area contributed by atoms with Crippen LogP contribution in [-0.2, 0) is 0 Å². The summed E-state index contributed by atoms with van der Waals surface area (Å²) in [7, 11) is 0. The Morgan fingerprint density at radius 1 is 1.57 bits per heavy atom. The first kappa shape index (κ1) is 4.33. The van der Waals surface area contributed by atoms with Gasteiger partial charge in [0.25, 0.3) is 0 Å². The van der Waals surface area contributed by atoms with E-state index < -0.39 is 0 Å². The van der Waals surface area contributed by atoms with Crippen molar-refractivity contribution < 1.29 is 4.42 Å². The Morgan fingerprint density at radius 3 is 2.29 bits per heavy atom. The Hall–Kier alpha value is -0.830. The van der Waals surface area contributed by atoms with E-state index in [0.717, 1.165) is 17.3 Å². The quantitative estimate of drug-likeness (QED) is 0.537. The summed E-state index contributed by atoms with van der Waals surface area (Å²) < 4.78 is 4.84. The zero-order chi connectivity index (χ0) is 4.15. The van der Waals surface area contributed by atoms with Crippen LogP contribution in [0.15, 0.2) is 4.42 Å². The molecule has 3 N–H and O–H groups in total. The lowest BCUT2D eigenvalue weighted by Crippen LogP contribution is -1.69. The fraction of sp³-hybridized carbons (Fsp3) is 0.250. The van der Waals surface area contributed by atoms with Gasteiger partial charge in [0.05, 0.1) is 0 Å². The van der Waals surface area contributed by atoms with Crippen LogP contribution in [0.5, 0.6) is 0 Å². The Bertz CT molecular complexity index is 192. The van der Waals surface area contributed by atoms with Gasteiger partial charge >= 0.3 is 0 Å². The van der Waals surface area contributed by atoms with Gasteiger partial charge in [-0.1, -0.05) is 0 Å². The van der Waals surface area contributed by atoms with Crippen molar-refractivity contribution in [3.8, 4) is 11.6 Å². The number of aromatic nitrogens is 1. The lowest BCUT2D eigenvalue weighted by atomic mass is 10.4. The van der Waals surface area contributed by atoms with Gasteiger partial charge in [0, 0.05) is 0 Å². The van der Waals surface area contributed by atoms with Crippen LogP contribution in [0.1, 0.15) is 5.76 Å². The average molecular weight is 98.1 g/mol. The molecule has 0 aromatic heterocycles. The van der Waals surface area contributed by atoms with Crippen molar-refractivity contribution in [1.29, 1.82) is 0 Å². The predicted molar refractivity (Wildman–Crippen MR) is 25.3 cm³/mol. The van der Waals surface area contributed by atoms with E-state index in [1.165, 1.54) is 0 Å². The van der Waals surface area contributed by atoms with Gasteiger partial charge in [-0.3, -0.25) is 0 Å². The zero-order valence-corrected chi connectivity index (χ0v) is 4.06. The molecule has 0 aromatic rings. The second-order valence-corrected chi connectivity index (χ2v) is 1.42. The maximum Gasteiger partial charge on any atom is 0.249 e. The van der Waals surface area contributed by atoms with Crippen LogP contribution in [0.2, 0.25) is 0 Å². The summed E-state index contributed by atoms with van der Waals surface area (Å²) in [4.78, 5) is 3.82. The molecule has 0 aromatic carbocycles. The highest BCUT2D eigenvalue weighted by Crippen LogP contribution is 2.35. The van der Waals surface area contributed by atoms with E-state index in [-0.39, 0.29) is 6.15 Å². The number of oxazole rings is 1. The molecule has 7 heavy (non-hydrogen) atoms. The number of hydrogen-bond acceptors (Lipinski definition) is 3. The molecule has 2 aliphatic rings. The molecule has 3 nitrogen and oxygen atoms in total. The van der Waals surface area contributed by atoms with Crippen LogP contribution in [-0.4, -0.2) is 4.98 Å². The van der Waals surface area contributed by atoms with Crippen molar-refractivity contribution in [1.82, 2.24) is 11.1 Å². The van der Waals surface area contributed by atoms with Crippen molar-refractivity contribution in [3.63, 3.8) is 0 Å². The lowest BCUT2D eigenvalue weighted by Gasteiger charge is -1.86. The van der Waals surface area contributed by atoms with Crippen LogP contribution in [0.4, 0.5) is 0 Å². The molecule has 0 saturated carbocycles. The van der Waals surface area contributed by atoms with Gasteiger partial charge in [0.15, 0.2) is 5.69 Å². The van der Waals surface area contributed by atoms with Gasteiger partial charge in [0.1, 0.15) is 5.76 Å². The Labute approximate surface area is 40.9 Å². The predicted octanol–water partition coefficient (Wildman–Crippen LogP) is 1.13. The summed E-state index contributed by atoms with van der Waals surface area (Å²) in [6.07, 6.45) is 0. The third kappa shape index (κ3) is 0.300. The minimum Gasteiger partial charge on any atom is -0.439 e. The first-order chi connectivity index (χ1) is 2.88. The van der Waals surface area contributed by atoms with Crippen molar-refractivity contribution in [3.05, 3.63) is 5.76 Å². The summed E-state index contributed by atoms with van der Waals surface area (Å²) in [5.74, 6) is 1.83. The fourth-order valence-electron chi connectivity index (χ4n) is 0.521. The molecule has 2 heterocycles. The summed E-state index contributed by atoms with van der Waals surface area (Å²) in [5.41, 5.74) is 1.09. The number of rotatable bonds is 0. The van der Waals surface area contributed by atoms with Crippen LogP contribution < -0.4 is 6.15 Å². The highest BCUT2D eigenvalue weighted by molar-refractivity contribution is 5.65. The highest BCUT2D eigenvalue weighted by Gasteiger charge is 2.27. The minimum absolute atomic E-state index is 0. The molecular weight excluding hydrogens is 92.1 g/mol. The van der Waals surface area contributed by atoms with E-state index in [4.69, 9.17) is 4.42 Å². The molecule has 38 valence electrons. The van der Waals surface area contributed by atoms with Crippen LogP contribution >= 0.6 is 0 Å². The molecule has 0 atom stereocenters. The second-order valence-electron chi connectivity index (χ2n) is 1.42. The molecule has 0 radical (unpaired) electrons. The molecule has 0 amide bonds.